The number of carboxylic acid groups (broad SMARTS) is 1. The van der Waals surface area contributed by atoms with Gasteiger partial charge in [-0.1, -0.05) is 18.2 Å². The molecule has 0 saturated heterocycles. The van der Waals surface area contributed by atoms with Crippen molar-refractivity contribution in [2.24, 2.45) is 0 Å². The predicted octanol–water partition coefficient (Wildman–Crippen LogP) is 5.25. The number of rotatable bonds is 4. The highest BCUT2D eigenvalue weighted by Gasteiger charge is 2.24. The van der Waals surface area contributed by atoms with E-state index in [9.17, 15) is 9.90 Å². The maximum atomic E-state index is 11.8. The van der Waals surface area contributed by atoms with E-state index in [2.05, 4.69) is 0 Å². The fourth-order valence-electron chi connectivity index (χ4n) is 3.28. The van der Waals surface area contributed by atoms with Gasteiger partial charge in [0.1, 0.15) is 11.5 Å². The summed E-state index contributed by atoms with van der Waals surface area (Å²) in [7, 11) is 3.18. The fourth-order valence-corrected chi connectivity index (χ4v) is 3.28. The van der Waals surface area contributed by atoms with Crippen molar-refractivity contribution in [3.8, 4) is 22.6 Å². The van der Waals surface area contributed by atoms with Crippen LogP contribution >= 0.6 is 0 Å². The lowest BCUT2D eigenvalue weighted by atomic mass is 9.93. The van der Waals surface area contributed by atoms with Crippen molar-refractivity contribution in [1.29, 1.82) is 0 Å². The van der Waals surface area contributed by atoms with Gasteiger partial charge < -0.3 is 14.6 Å². The van der Waals surface area contributed by atoms with Crippen LogP contribution in [-0.2, 0) is 0 Å². The second-order valence-corrected chi connectivity index (χ2v) is 6.05. The summed E-state index contributed by atoms with van der Waals surface area (Å²) in [6, 6.07) is 18.0. The van der Waals surface area contributed by atoms with Gasteiger partial charge in [-0.2, -0.15) is 0 Å². The van der Waals surface area contributed by atoms with Crippen LogP contribution < -0.4 is 9.47 Å². The Hall–Kier alpha value is -3.60. The minimum atomic E-state index is -0.977. The zero-order chi connectivity index (χ0) is 19.0. The first-order chi connectivity index (χ1) is 13.1. The molecule has 0 saturated carbocycles. The van der Waals surface area contributed by atoms with Gasteiger partial charge in [0.05, 0.1) is 42.7 Å². The van der Waals surface area contributed by atoms with Crippen LogP contribution in [0.3, 0.4) is 0 Å². The first-order valence-corrected chi connectivity index (χ1v) is 8.36. The summed E-state index contributed by atoms with van der Waals surface area (Å²) >= 11 is 0. The molecule has 27 heavy (non-hydrogen) atoms. The molecule has 5 heteroatoms. The van der Waals surface area contributed by atoms with E-state index in [-0.39, 0.29) is 5.56 Å². The molecule has 4 aromatic rings. The van der Waals surface area contributed by atoms with Crippen LogP contribution in [0.15, 0.2) is 65.1 Å². The van der Waals surface area contributed by atoms with Crippen LogP contribution in [0.25, 0.3) is 33.1 Å². The Labute approximate surface area is 155 Å². The number of carboxylic acids is 1. The molecule has 0 spiro atoms. The highest BCUT2D eigenvalue weighted by Crippen LogP contribution is 2.40. The van der Waals surface area contributed by atoms with Crippen molar-refractivity contribution in [2.75, 3.05) is 14.2 Å². The van der Waals surface area contributed by atoms with Crippen molar-refractivity contribution in [3.63, 3.8) is 0 Å². The van der Waals surface area contributed by atoms with Crippen molar-refractivity contribution < 1.29 is 23.8 Å². The van der Waals surface area contributed by atoms with Gasteiger partial charge in [0.25, 0.3) is 0 Å². The number of methoxy groups -OCH3 is 2. The lowest BCUT2D eigenvalue weighted by molar-refractivity contribution is 0.0697. The highest BCUT2D eigenvalue weighted by molar-refractivity contribution is 6.12. The number of fused-ring (bicyclic) bond motifs is 2. The lowest BCUT2D eigenvalue weighted by Gasteiger charge is -2.10. The number of carbonyl (C=O) groups is 1. The zero-order valence-corrected chi connectivity index (χ0v) is 14.9. The molecule has 0 radical (unpaired) electrons. The third-order valence-corrected chi connectivity index (χ3v) is 4.56. The van der Waals surface area contributed by atoms with Crippen LogP contribution in [0, 0.1) is 0 Å². The Morgan fingerprint density at radius 3 is 1.93 bits per heavy atom. The van der Waals surface area contributed by atoms with E-state index in [1.54, 1.807) is 38.5 Å². The third kappa shape index (κ3) is 2.83. The number of ether oxygens (including phenoxy) is 2. The second-order valence-electron chi connectivity index (χ2n) is 6.05. The Morgan fingerprint density at radius 2 is 1.41 bits per heavy atom. The summed E-state index contributed by atoms with van der Waals surface area (Å²) in [6.45, 7) is 0. The summed E-state index contributed by atoms with van der Waals surface area (Å²) in [5, 5.41) is 11.3. The van der Waals surface area contributed by atoms with Crippen LogP contribution in [-0.4, -0.2) is 25.3 Å². The molecule has 4 rings (SSSR count). The van der Waals surface area contributed by atoms with Gasteiger partial charge in [0.15, 0.2) is 0 Å². The number of hydrogen-bond donors (Lipinski definition) is 1. The smallest absolute Gasteiger partial charge is 0.365 e. The topological polar surface area (TPSA) is 67.1 Å². The van der Waals surface area contributed by atoms with Crippen molar-refractivity contribution in [1.82, 2.24) is 0 Å². The molecule has 0 atom stereocenters. The Bertz CT molecular complexity index is 1120. The fraction of sp³-hybridized carbons (Fsp3) is 0.0909. The molecule has 134 valence electrons. The maximum Gasteiger partial charge on any atom is 0.365 e. The SMILES string of the molecule is COc1ccc2c(-c3ccccc3C(=O)O)c3ccc(OC)cc3[o+]c2c1. The minimum absolute atomic E-state index is 0.234. The monoisotopic (exact) mass is 361 g/mol. The molecule has 0 aliphatic heterocycles. The van der Waals surface area contributed by atoms with Gasteiger partial charge in [-0.25, -0.2) is 9.21 Å². The number of hydrogen-bond acceptors (Lipinski definition) is 3. The molecule has 0 fully saturated rings. The van der Waals surface area contributed by atoms with E-state index in [0.29, 0.717) is 28.2 Å². The molecule has 0 unspecified atom stereocenters. The molecule has 0 aliphatic carbocycles. The Morgan fingerprint density at radius 1 is 0.852 bits per heavy atom. The standard InChI is InChI=1S/C22H16O5/c1-25-13-7-9-17-19(11-13)27-20-12-14(26-2)8-10-18(20)21(17)15-5-3-4-6-16(15)22(23)24/h3-12H,1-2H3/p+1. The molecule has 5 nitrogen and oxygen atoms in total. The summed E-state index contributed by atoms with van der Waals surface area (Å²) in [5.41, 5.74) is 2.87. The first kappa shape index (κ1) is 16.8. The van der Waals surface area contributed by atoms with E-state index in [0.717, 1.165) is 16.3 Å². The molecular formula is C22H17O5+. The largest absolute Gasteiger partial charge is 0.496 e. The van der Waals surface area contributed by atoms with Crippen LogP contribution in [0.2, 0.25) is 0 Å². The summed E-state index contributed by atoms with van der Waals surface area (Å²) in [4.78, 5) is 11.8. The quantitative estimate of drug-likeness (QED) is 0.397. The highest BCUT2D eigenvalue weighted by atomic mass is 16.5. The average molecular weight is 361 g/mol. The number of aromatic carboxylic acids is 1. The maximum absolute atomic E-state index is 11.8. The van der Waals surface area contributed by atoms with Gasteiger partial charge in [0, 0.05) is 5.56 Å². The van der Waals surface area contributed by atoms with E-state index in [1.165, 1.54) is 0 Å². The van der Waals surface area contributed by atoms with Gasteiger partial charge in [-0.05, 0) is 35.9 Å². The molecule has 0 bridgehead atoms. The van der Waals surface area contributed by atoms with E-state index in [1.807, 2.05) is 36.4 Å². The molecule has 1 aromatic heterocycles. The number of benzene rings is 3. The first-order valence-electron chi connectivity index (χ1n) is 8.36. The van der Waals surface area contributed by atoms with Crippen LogP contribution in [0.1, 0.15) is 10.4 Å². The third-order valence-electron chi connectivity index (χ3n) is 4.56. The van der Waals surface area contributed by atoms with Crippen LogP contribution in [0.4, 0.5) is 0 Å². The average Bonchev–Trinajstić information content (AvgIpc) is 2.71. The molecular weight excluding hydrogens is 344 g/mol. The Balaban J connectivity index is 2.17. The van der Waals surface area contributed by atoms with Crippen molar-refractivity contribution in [3.05, 3.63) is 66.2 Å². The van der Waals surface area contributed by atoms with Crippen molar-refractivity contribution >= 4 is 27.9 Å². The lowest BCUT2D eigenvalue weighted by Crippen LogP contribution is -2.00. The second kappa shape index (κ2) is 6.61. The summed E-state index contributed by atoms with van der Waals surface area (Å²) in [6.07, 6.45) is 0. The predicted molar refractivity (Wildman–Crippen MR) is 104 cm³/mol. The van der Waals surface area contributed by atoms with Gasteiger partial charge in [-0.15, -0.1) is 0 Å². The van der Waals surface area contributed by atoms with Gasteiger partial charge >= 0.3 is 17.1 Å². The van der Waals surface area contributed by atoms with E-state index >= 15 is 0 Å². The molecule has 3 aromatic carbocycles. The molecule has 0 aliphatic rings. The molecule has 1 N–H and O–H groups in total. The zero-order valence-electron chi connectivity index (χ0n) is 14.9. The van der Waals surface area contributed by atoms with E-state index < -0.39 is 5.97 Å². The van der Waals surface area contributed by atoms with Gasteiger partial charge in [0.2, 0.25) is 0 Å². The Kier molecular flexibility index (Phi) is 4.12. The normalized spacial score (nSPS) is 10.9. The van der Waals surface area contributed by atoms with Crippen molar-refractivity contribution in [2.45, 2.75) is 0 Å². The van der Waals surface area contributed by atoms with Crippen LogP contribution in [0.5, 0.6) is 11.5 Å². The minimum Gasteiger partial charge on any atom is -0.496 e. The molecule has 0 amide bonds. The molecule has 1 heterocycles. The van der Waals surface area contributed by atoms with Gasteiger partial charge in [-0.3, -0.25) is 0 Å². The van der Waals surface area contributed by atoms with E-state index in [4.69, 9.17) is 13.9 Å². The summed E-state index contributed by atoms with van der Waals surface area (Å²) < 4.78 is 16.7. The summed E-state index contributed by atoms with van der Waals surface area (Å²) in [5.74, 6) is 0.339.